The minimum absolute atomic E-state index is 0.249. The van der Waals surface area contributed by atoms with Gasteiger partial charge in [-0.1, -0.05) is 24.3 Å². The molecular formula is C21H22N2O4. The summed E-state index contributed by atoms with van der Waals surface area (Å²) in [7, 11) is 1.58. The van der Waals surface area contributed by atoms with Gasteiger partial charge in [0.05, 0.1) is 25.0 Å². The molecule has 0 radical (unpaired) electrons. The van der Waals surface area contributed by atoms with Gasteiger partial charge in [0.25, 0.3) is 11.8 Å². The van der Waals surface area contributed by atoms with E-state index in [1.165, 1.54) is 4.90 Å². The van der Waals surface area contributed by atoms with Gasteiger partial charge < -0.3 is 14.8 Å². The number of ether oxygens (including phenoxy) is 2. The van der Waals surface area contributed by atoms with E-state index in [2.05, 4.69) is 5.32 Å². The zero-order valence-electron chi connectivity index (χ0n) is 15.6. The third-order valence-corrected chi connectivity index (χ3v) is 4.31. The maximum Gasteiger partial charge on any atom is 0.278 e. The third kappa shape index (κ3) is 3.51. The summed E-state index contributed by atoms with van der Waals surface area (Å²) < 4.78 is 10.8. The number of carbonyl (C=O) groups excluding carboxylic acids is 2. The summed E-state index contributed by atoms with van der Waals surface area (Å²) in [5, 5.41) is 3.13. The van der Waals surface area contributed by atoms with E-state index in [9.17, 15) is 9.59 Å². The van der Waals surface area contributed by atoms with E-state index in [1.807, 2.05) is 31.2 Å². The Kier molecular flexibility index (Phi) is 5.45. The number of para-hydroxylation sites is 2. The molecule has 1 aliphatic heterocycles. The van der Waals surface area contributed by atoms with Crippen molar-refractivity contribution in [1.82, 2.24) is 4.90 Å². The number of imide groups is 1. The number of methoxy groups -OCH3 is 1. The number of rotatable bonds is 7. The average molecular weight is 366 g/mol. The number of benzene rings is 2. The fraction of sp³-hybridized carbons (Fsp3) is 0.238. The van der Waals surface area contributed by atoms with Crippen LogP contribution in [0.25, 0.3) is 5.57 Å². The first-order valence-corrected chi connectivity index (χ1v) is 8.84. The Morgan fingerprint density at radius 2 is 1.67 bits per heavy atom. The minimum atomic E-state index is -0.348. The van der Waals surface area contributed by atoms with Crippen molar-refractivity contribution in [2.45, 2.75) is 13.8 Å². The van der Waals surface area contributed by atoms with Gasteiger partial charge in [0.1, 0.15) is 17.2 Å². The molecule has 1 aliphatic rings. The summed E-state index contributed by atoms with van der Waals surface area (Å²) >= 11 is 0. The first-order valence-electron chi connectivity index (χ1n) is 8.84. The zero-order chi connectivity index (χ0) is 19.4. The minimum Gasteiger partial charge on any atom is -0.497 e. The molecule has 2 amide bonds. The Morgan fingerprint density at radius 1 is 0.963 bits per heavy atom. The number of anilines is 1. The maximum absolute atomic E-state index is 12.9. The Bertz CT molecular complexity index is 887. The quantitative estimate of drug-likeness (QED) is 0.762. The van der Waals surface area contributed by atoms with Crippen molar-refractivity contribution in [3.63, 3.8) is 0 Å². The van der Waals surface area contributed by atoms with Gasteiger partial charge in [-0.25, -0.2) is 0 Å². The molecule has 0 spiro atoms. The number of hydrogen-bond acceptors (Lipinski definition) is 5. The van der Waals surface area contributed by atoms with Crippen LogP contribution < -0.4 is 14.8 Å². The molecule has 0 bridgehead atoms. The molecule has 1 N–H and O–H groups in total. The second-order valence-electron chi connectivity index (χ2n) is 5.89. The zero-order valence-corrected chi connectivity index (χ0v) is 15.6. The van der Waals surface area contributed by atoms with Gasteiger partial charge in [-0.3, -0.25) is 14.5 Å². The van der Waals surface area contributed by atoms with Gasteiger partial charge in [0.15, 0.2) is 0 Å². The van der Waals surface area contributed by atoms with Crippen LogP contribution in [0.5, 0.6) is 11.5 Å². The normalized spacial score (nSPS) is 14.0. The molecule has 2 aromatic carbocycles. The molecule has 0 atom stereocenters. The van der Waals surface area contributed by atoms with Gasteiger partial charge in [0, 0.05) is 6.54 Å². The average Bonchev–Trinajstić information content (AvgIpc) is 2.93. The Labute approximate surface area is 158 Å². The second kappa shape index (κ2) is 7.95. The van der Waals surface area contributed by atoms with E-state index in [0.717, 1.165) is 0 Å². The van der Waals surface area contributed by atoms with E-state index in [-0.39, 0.29) is 17.5 Å². The molecule has 1 heterocycles. The predicted molar refractivity (Wildman–Crippen MR) is 104 cm³/mol. The van der Waals surface area contributed by atoms with Crippen LogP contribution in [0.3, 0.4) is 0 Å². The lowest BCUT2D eigenvalue weighted by Gasteiger charge is -2.14. The Balaban J connectivity index is 2.07. The summed E-state index contributed by atoms with van der Waals surface area (Å²) in [6.07, 6.45) is 0. The Morgan fingerprint density at radius 3 is 2.30 bits per heavy atom. The summed E-state index contributed by atoms with van der Waals surface area (Å²) in [6, 6.07) is 14.4. The lowest BCUT2D eigenvalue weighted by Crippen LogP contribution is -2.32. The van der Waals surface area contributed by atoms with Crippen LogP contribution in [-0.2, 0) is 9.59 Å². The highest BCUT2D eigenvalue weighted by molar-refractivity contribution is 6.36. The molecule has 0 saturated heterocycles. The van der Waals surface area contributed by atoms with E-state index in [1.54, 1.807) is 38.3 Å². The largest absolute Gasteiger partial charge is 0.497 e. The number of nitrogens with zero attached hydrogens (tertiary/aromatic N) is 1. The molecular weight excluding hydrogens is 344 g/mol. The van der Waals surface area contributed by atoms with Crippen molar-refractivity contribution in [1.29, 1.82) is 0 Å². The summed E-state index contributed by atoms with van der Waals surface area (Å²) in [5.41, 5.74) is 1.89. The van der Waals surface area contributed by atoms with Crippen LogP contribution in [-0.4, -0.2) is 37.0 Å². The molecule has 0 saturated carbocycles. The van der Waals surface area contributed by atoms with Crippen LogP contribution in [0.1, 0.15) is 19.4 Å². The van der Waals surface area contributed by atoms with Crippen LogP contribution in [0, 0.1) is 0 Å². The Hall–Kier alpha value is -3.28. The molecule has 140 valence electrons. The number of hydrogen-bond donors (Lipinski definition) is 1. The van der Waals surface area contributed by atoms with Crippen molar-refractivity contribution in [3.8, 4) is 11.5 Å². The van der Waals surface area contributed by atoms with Crippen molar-refractivity contribution in [2.24, 2.45) is 0 Å². The highest BCUT2D eigenvalue weighted by Gasteiger charge is 2.38. The highest BCUT2D eigenvalue weighted by atomic mass is 16.5. The smallest absolute Gasteiger partial charge is 0.278 e. The van der Waals surface area contributed by atoms with Crippen LogP contribution in [0.2, 0.25) is 0 Å². The topological polar surface area (TPSA) is 67.9 Å². The molecule has 0 aliphatic carbocycles. The van der Waals surface area contributed by atoms with E-state index in [0.29, 0.717) is 41.5 Å². The van der Waals surface area contributed by atoms with Gasteiger partial charge in [-0.2, -0.15) is 0 Å². The standard InChI is InChI=1S/C21H22N2O4/c1-4-23-20(24)18(14-10-12-15(26-3)13-11-14)19(21(23)25)22-16-8-6-7-9-17(16)27-5-2/h6-13,22H,4-5H2,1-3H3. The molecule has 27 heavy (non-hydrogen) atoms. The summed E-state index contributed by atoms with van der Waals surface area (Å²) in [4.78, 5) is 26.9. The summed E-state index contributed by atoms with van der Waals surface area (Å²) in [6.45, 7) is 4.47. The molecule has 2 aromatic rings. The van der Waals surface area contributed by atoms with Gasteiger partial charge in [-0.05, 0) is 43.7 Å². The monoisotopic (exact) mass is 366 g/mol. The van der Waals surface area contributed by atoms with Gasteiger partial charge in [-0.15, -0.1) is 0 Å². The first-order chi connectivity index (χ1) is 13.1. The lowest BCUT2D eigenvalue weighted by molar-refractivity contribution is -0.136. The van der Waals surface area contributed by atoms with Crippen LogP contribution in [0.4, 0.5) is 5.69 Å². The molecule has 0 fully saturated rings. The van der Waals surface area contributed by atoms with E-state index >= 15 is 0 Å². The second-order valence-corrected chi connectivity index (χ2v) is 5.89. The highest BCUT2D eigenvalue weighted by Crippen LogP contribution is 2.33. The SMILES string of the molecule is CCOc1ccccc1NC1=C(c2ccc(OC)cc2)C(=O)N(CC)C1=O. The number of likely N-dealkylation sites (N-methyl/N-ethyl adjacent to an activating group) is 1. The van der Waals surface area contributed by atoms with Crippen molar-refractivity contribution in [3.05, 3.63) is 59.8 Å². The van der Waals surface area contributed by atoms with Gasteiger partial charge >= 0.3 is 0 Å². The molecule has 0 unspecified atom stereocenters. The van der Waals surface area contributed by atoms with E-state index in [4.69, 9.17) is 9.47 Å². The van der Waals surface area contributed by atoms with E-state index < -0.39 is 0 Å². The number of amides is 2. The summed E-state index contributed by atoms with van der Waals surface area (Å²) in [5.74, 6) is 0.639. The molecule has 3 rings (SSSR count). The lowest BCUT2D eigenvalue weighted by atomic mass is 10.0. The maximum atomic E-state index is 12.9. The molecule has 0 aromatic heterocycles. The fourth-order valence-electron chi connectivity index (χ4n) is 2.99. The van der Waals surface area contributed by atoms with Crippen LogP contribution >= 0.6 is 0 Å². The van der Waals surface area contributed by atoms with Gasteiger partial charge in [0.2, 0.25) is 0 Å². The van der Waals surface area contributed by atoms with Crippen molar-refractivity contribution < 1.29 is 19.1 Å². The third-order valence-electron chi connectivity index (χ3n) is 4.31. The number of nitrogens with one attached hydrogen (secondary N) is 1. The van der Waals surface area contributed by atoms with Crippen LogP contribution in [0.15, 0.2) is 54.2 Å². The number of carbonyl (C=O) groups is 2. The predicted octanol–water partition coefficient (Wildman–Crippen LogP) is 3.31. The molecule has 6 nitrogen and oxygen atoms in total. The fourth-order valence-corrected chi connectivity index (χ4v) is 2.99. The first kappa shape index (κ1) is 18.5. The molecule has 6 heteroatoms. The van der Waals surface area contributed by atoms with Crippen molar-refractivity contribution in [2.75, 3.05) is 25.6 Å². The van der Waals surface area contributed by atoms with Crippen molar-refractivity contribution >= 4 is 23.1 Å².